The van der Waals surface area contributed by atoms with Crippen molar-refractivity contribution in [1.82, 2.24) is 4.90 Å². The van der Waals surface area contributed by atoms with E-state index in [0.29, 0.717) is 23.0 Å². The Balaban J connectivity index is 1.45. The molecule has 1 aliphatic rings. The summed E-state index contributed by atoms with van der Waals surface area (Å²) in [7, 11) is 0. The molecular weight excluding hydrogens is 490 g/mol. The van der Waals surface area contributed by atoms with Crippen molar-refractivity contribution >= 4 is 44.9 Å². The number of benzene rings is 3. The van der Waals surface area contributed by atoms with E-state index in [2.05, 4.69) is 15.9 Å². The highest BCUT2D eigenvalue weighted by molar-refractivity contribution is 9.10. The summed E-state index contributed by atoms with van der Waals surface area (Å²) in [5, 5.41) is -0.306. The summed E-state index contributed by atoms with van der Waals surface area (Å²) in [5.41, 5.74) is 1.77. The van der Waals surface area contributed by atoms with Crippen LogP contribution >= 0.6 is 27.7 Å². The van der Waals surface area contributed by atoms with Gasteiger partial charge in [-0.3, -0.25) is 14.5 Å². The second kappa shape index (κ2) is 10.5. The highest BCUT2D eigenvalue weighted by Crippen LogP contribution is 2.35. The maximum atomic E-state index is 12.8. The van der Waals surface area contributed by atoms with Crippen LogP contribution in [0.4, 0.5) is 4.79 Å². The van der Waals surface area contributed by atoms with E-state index in [1.807, 2.05) is 78.9 Å². The fourth-order valence-electron chi connectivity index (χ4n) is 3.10. The summed E-state index contributed by atoms with van der Waals surface area (Å²) in [6.07, 6.45) is 1.70. The quantitative estimate of drug-likeness (QED) is 0.341. The molecule has 0 bridgehead atoms. The van der Waals surface area contributed by atoms with Crippen LogP contribution in [0.2, 0.25) is 0 Å². The minimum atomic E-state index is -0.328. The van der Waals surface area contributed by atoms with Crippen molar-refractivity contribution in [1.29, 1.82) is 0 Å². The van der Waals surface area contributed by atoms with E-state index in [4.69, 9.17) is 9.47 Å². The SMILES string of the molecule is O=C1S/C(=C\c2cc(Br)ccc2OCc2ccccc2)C(=O)N1CCOc1ccccc1. The average molecular weight is 510 g/mol. The molecule has 3 aromatic carbocycles. The number of imide groups is 1. The van der Waals surface area contributed by atoms with Gasteiger partial charge in [0.25, 0.3) is 11.1 Å². The van der Waals surface area contributed by atoms with Crippen molar-refractivity contribution < 1.29 is 19.1 Å². The van der Waals surface area contributed by atoms with Crippen molar-refractivity contribution in [2.75, 3.05) is 13.2 Å². The maximum Gasteiger partial charge on any atom is 0.293 e. The largest absolute Gasteiger partial charge is 0.492 e. The topological polar surface area (TPSA) is 55.8 Å². The minimum Gasteiger partial charge on any atom is -0.492 e. The first-order valence-electron chi connectivity index (χ1n) is 9.99. The van der Waals surface area contributed by atoms with Gasteiger partial charge in [-0.05, 0) is 53.7 Å². The van der Waals surface area contributed by atoms with Crippen LogP contribution < -0.4 is 9.47 Å². The third-order valence-corrected chi connectivity index (χ3v) is 6.10. The van der Waals surface area contributed by atoms with Crippen molar-refractivity contribution in [3.63, 3.8) is 0 Å². The lowest BCUT2D eigenvalue weighted by Gasteiger charge is -2.13. The van der Waals surface area contributed by atoms with Gasteiger partial charge in [0.1, 0.15) is 24.7 Å². The molecule has 7 heteroatoms. The molecule has 162 valence electrons. The molecule has 2 amide bonds. The van der Waals surface area contributed by atoms with E-state index in [1.54, 1.807) is 6.08 Å². The van der Waals surface area contributed by atoms with Crippen LogP contribution in [0.5, 0.6) is 11.5 Å². The van der Waals surface area contributed by atoms with Gasteiger partial charge in [0, 0.05) is 10.0 Å². The van der Waals surface area contributed by atoms with E-state index >= 15 is 0 Å². The Labute approximate surface area is 199 Å². The zero-order valence-corrected chi connectivity index (χ0v) is 19.5. The monoisotopic (exact) mass is 509 g/mol. The molecular formula is C25H20BrNO4S. The molecule has 0 aliphatic carbocycles. The number of para-hydroxylation sites is 1. The average Bonchev–Trinajstić information content (AvgIpc) is 3.07. The summed E-state index contributed by atoms with van der Waals surface area (Å²) in [5.74, 6) is 1.01. The van der Waals surface area contributed by atoms with Gasteiger partial charge < -0.3 is 9.47 Å². The van der Waals surface area contributed by atoms with Gasteiger partial charge in [-0.1, -0.05) is 64.5 Å². The number of thioether (sulfide) groups is 1. The molecule has 1 aliphatic heterocycles. The molecule has 0 unspecified atom stereocenters. The summed E-state index contributed by atoms with van der Waals surface area (Å²) in [6, 6.07) is 24.7. The van der Waals surface area contributed by atoms with Crippen molar-refractivity contribution in [3.05, 3.63) is 99.4 Å². The van der Waals surface area contributed by atoms with Gasteiger partial charge in [0.05, 0.1) is 11.4 Å². The van der Waals surface area contributed by atoms with Crippen LogP contribution in [0.1, 0.15) is 11.1 Å². The molecule has 1 heterocycles. The molecule has 1 fully saturated rings. The van der Waals surface area contributed by atoms with Gasteiger partial charge in [-0.15, -0.1) is 0 Å². The minimum absolute atomic E-state index is 0.187. The molecule has 3 aromatic rings. The Bertz CT molecular complexity index is 1140. The van der Waals surface area contributed by atoms with E-state index < -0.39 is 0 Å². The smallest absolute Gasteiger partial charge is 0.293 e. The van der Waals surface area contributed by atoms with E-state index in [1.165, 1.54) is 4.90 Å². The van der Waals surface area contributed by atoms with Crippen LogP contribution in [0, 0.1) is 0 Å². The van der Waals surface area contributed by atoms with Crippen LogP contribution in [0.15, 0.2) is 88.2 Å². The normalized spacial score (nSPS) is 14.8. The third-order valence-electron chi connectivity index (χ3n) is 4.70. The fourth-order valence-corrected chi connectivity index (χ4v) is 4.34. The van der Waals surface area contributed by atoms with Crippen molar-refractivity contribution in [2.24, 2.45) is 0 Å². The highest BCUT2D eigenvalue weighted by atomic mass is 79.9. The molecule has 0 N–H and O–H groups in total. The predicted molar refractivity (Wildman–Crippen MR) is 130 cm³/mol. The van der Waals surface area contributed by atoms with E-state index in [0.717, 1.165) is 27.4 Å². The molecule has 0 atom stereocenters. The number of hydrogen-bond acceptors (Lipinski definition) is 5. The van der Waals surface area contributed by atoms with E-state index in [9.17, 15) is 9.59 Å². The number of carbonyl (C=O) groups excluding carboxylic acids is 2. The third kappa shape index (κ3) is 5.60. The number of rotatable bonds is 8. The Kier molecular flexibility index (Phi) is 7.29. The van der Waals surface area contributed by atoms with E-state index in [-0.39, 0.29) is 24.3 Å². The zero-order chi connectivity index (χ0) is 22.3. The Morgan fingerprint density at radius 1 is 0.906 bits per heavy atom. The second-order valence-corrected chi connectivity index (χ2v) is 8.86. The molecule has 0 radical (unpaired) electrons. The number of hydrogen-bond donors (Lipinski definition) is 0. The van der Waals surface area contributed by atoms with Crippen LogP contribution in [0.25, 0.3) is 6.08 Å². The van der Waals surface area contributed by atoms with Gasteiger partial charge in [0.2, 0.25) is 0 Å². The molecule has 0 spiro atoms. The Hall–Kier alpha value is -3.03. The summed E-state index contributed by atoms with van der Waals surface area (Å²) < 4.78 is 12.5. The van der Waals surface area contributed by atoms with Crippen LogP contribution in [-0.2, 0) is 11.4 Å². The molecule has 32 heavy (non-hydrogen) atoms. The highest BCUT2D eigenvalue weighted by Gasteiger charge is 2.35. The number of ether oxygens (including phenoxy) is 2. The van der Waals surface area contributed by atoms with Crippen LogP contribution in [-0.4, -0.2) is 29.2 Å². The summed E-state index contributed by atoms with van der Waals surface area (Å²) in [4.78, 5) is 26.8. The number of amides is 2. The first-order chi connectivity index (χ1) is 15.6. The first-order valence-corrected chi connectivity index (χ1v) is 11.6. The Morgan fingerprint density at radius 2 is 1.62 bits per heavy atom. The predicted octanol–water partition coefficient (Wildman–Crippen LogP) is 6.14. The molecule has 4 rings (SSSR count). The second-order valence-electron chi connectivity index (χ2n) is 6.95. The lowest BCUT2D eigenvalue weighted by molar-refractivity contribution is -0.123. The number of halogens is 1. The van der Waals surface area contributed by atoms with Gasteiger partial charge in [-0.25, -0.2) is 0 Å². The van der Waals surface area contributed by atoms with Crippen molar-refractivity contribution in [3.8, 4) is 11.5 Å². The van der Waals surface area contributed by atoms with Gasteiger partial charge in [0.15, 0.2) is 0 Å². The molecule has 5 nitrogen and oxygen atoms in total. The summed E-state index contributed by atoms with van der Waals surface area (Å²) in [6.45, 7) is 0.825. The fraction of sp³-hybridized carbons (Fsp3) is 0.120. The zero-order valence-electron chi connectivity index (χ0n) is 17.1. The number of carbonyl (C=O) groups is 2. The molecule has 1 saturated heterocycles. The van der Waals surface area contributed by atoms with Crippen LogP contribution in [0.3, 0.4) is 0 Å². The standard InChI is InChI=1S/C25H20BrNO4S/c26-20-11-12-22(31-17-18-7-3-1-4-8-18)19(15-20)16-23-24(28)27(25(29)32-23)13-14-30-21-9-5-2-6-10-21/h1-12,15-16H,13-14,17H2/b23-16-. The van der Waals surface area contributed by atoms with Gasteiger partial charge >= 0.3 is 0 Å². The molecule has 0 saturated carbocycles. The number of nitrogens with zero attached hydrogens (tertiary/aromatic N) is 1. The lowest BCUT2D eigenvalue weighted by Crippen LogP contribution is -2.32. The summed E-state index contributed by atoms with van der Waals surface area (Å²) >= 11 is 4.39. The Morgan fingerprint density at radius 3 is 2.38 bits per heavy atom. The first kappa shape index (κ1) is 22.2. The van der Waals surface area contributed by atoms with Crippen molar-refractivity contribution in [2.45, 2.75) is 6.61 Å². The molecule has 0 aromatic heterocycles. The maximum absolute atomic E-state index is 12.8. The lowest BCUT2D eigenvalue weighted by atomic mass is 10.1. The van der Waals surface area contributed by atoms with Gasteiger partial charge in [-0.2, -0.15) is 0 Å².